The minimum atomic E-state index is -0.920. The molecule has 0 bridgehead atoms. The Morgan fingerprint density at radius 3 is 2.54 bits per heavy atom. The molecule has 5 nitrogen and oxygen atoms in total. The average Bonchev–Trinajstić information content (AvgIpc) is 3.17. The normalized spacial score (nSPS) is 25.2. The van der Waals surface area contributed by atoms with Crippen molar-refractivity contribution >= 4 is 11.9 Å². The molecule has 1 N–H and O–H groups in total. The van der Waals surface area contributed by atoms with Crippen LogP contribution in [-0.2, 0) is 9.53 Å². The van der Waals surface area contributed by atoms with Gasteiger partial charge in [0, 0.05) is 18.7 Å². The monoisotopic (exact) mass is 351 g/mol. The summed E-state index contributed by atoms with van der Waals surface area (Å²) in [5, 5.41) is 10.0. The number of benzene rings is 2. The smallest absolute Gasteiger partial charge is 0.313 e. The molecule has 26 heavy (non-hydrogen) atoms. The van der Waals surface area contributed by atoms with Gasteiger partial charge in [0.05, 0.1) is 12.1 Å². The highest BCUT2D eigenvalue weighted by Gasteiger charge is 2.45. The Morgan fingerprint density at radius 2 is 1.85 bits per heavy atom. The van der Waals surface area contributed by atoms with E-state index in [-0.39, 0.29) is 12.0 Å². The van der Waals surface area contributed by atoms with Crippen LogP contribution in [0, 0.1) is 0 Å². The third kappa shape index (κ3) is 2.88. The van der Waals surface area contributed by atoms with Crippen LogP contribution in [0.25, 0.3) is 0 Å². The molecule has 0 radical (unpaired) electrons. The third-order valence-corrected chi connectivity index (χ3v) is 5.27. The number of nitrogens with zero attached hydrogens (tertiary/aromatic N) is 1. The van der Waals surface area contributed by atoms with Gasteiger partial charge >= 0.3 is 5.97 Å². The molecule has 0 spiro atoms. The summed E-state index contributed by atoms with van der Waals surface area (Å²) in [4.78, 5) is 27.2. The van der Waals surface area contributed by atoms with E-state index < -0.39 is 17.9 Å². The lowest BCUT2D eigenvalue weighted by Gasteiger charge is -2.41. The number of amides is 1. The quantitative estimate of drug-likeness (QED) is 0.918. The van der Waals surface area contributed by atoms with Gasteiger partial charge in [0.1, 0.15) is 5.92 Å². The van der Waals surface area contributed by atoms with Gasteiger partial charge in [-0.15, -0.1) is 0 Å². The van der Waals surface area contributed by atoms with E-state index in [2.05, 4.69) is 0 Å². The molecule has 3 atom stereocenters. The van der Waals surface area contributed by atoms with Crippen molar-refractivity contribution in [1.29, 1.82) is 0 Å². The molecular weight excluding hydrogens is 330 g/mol. The summed E-state index contributed by atoms with van der Waals surface area (Å²) < 4.78 is 5.73. The Bertz CT molecular complexity index is 814. The first-order chi connectivity index (χ1) is 12.7. The van der Waals surface area contributed by atoms with Crippen LogP contribution in [0.1, 0.15) is 46.3 Å². The van der Waals surface area contributed by atoms with Gasteiger partial charge in [-0.1, -0.05) is 48.5 Å². The summed E-state index contributed by atoms with van der Waals surface area (Å²) in [6, 6.07) is 15.9. The van der Waals surface area contributed by atoms with E-state index in [1.165, 1.54) is 0 Å². The molecule has 1 amide bonds. The first-order valence-corrected chi connectivity index (χ1v) is 8.96. The molecule has 2 heterocycles. The number of rotatable bonds is 4. The van der Waals surface area contributed by atoms with Crippen molar-refractivity contribution < 1.29 is 19.4 Å². The topological polar surface area (TPSA) is 66.8 Å². The third-order valence-electron chi connectivity index (χ3n) is 5.27. The van der Waals surface area contributed by atoms with Gasteiger partial charge in [0.2, 0.25) is 0 Å². The number of fused-ring (bicyclic) bond motifs is 1. The van der Waals surface area contributed by atoms with Crippen molar-refractivity contribution in [2.24, 2.45) is 0 Å². The van der Waals surface area contributed by atoms with Gasteiger partial charge < -0.3 is 14.7 Å². The van der Waals surface area contributed by atoms with Crippen molar-refractivity contribution in [1.82, 2.24) is 4.90 Å². The number of carboxylic acid groups (broad SMARTS) is 1. The molecule has 5 heteroatoms. The maximum atomic E-state index is 13.2. The molecule has 1 fully saturated rings. The second-order valence-corrected chi connectivity index (χ2v) is 6.85. The lowest BCUT2D eigenvalue weighted by Crippen LogP contribution is -2.47. The molecule has 2 aromatic rings. The number of aliphatic carboxylic acids is 1. The van der Waals surface area contributed by atoms with Crippen LogP contribution < -0.4 is 0 Å². The molecule has 4 rings (SSSR count). The number of hydrogen-bond donors (Lipinski definition) is 1. The predicted molar refractivity (Wildman–Crippen MR) is 96.0 cm³/mol. The van der Waals surface area contributed by atoms with Gasteiger partial charge in [0.25, 0.3) is 5.91 Å². The van der Waals surface area contributed by atoms with E-state index in [1.54, 1.807) is 29.2 Å². The van der Waals surface area contributed by atoms with Crippen LogP contribution in [0.2, 0.25) is 0 Å². The van der Waals surface area contributed by atoms with E-state index >= 15 is 0 Å². The largest absolute Gasteiger partial charge is 0.481 e. The summed E-state index contributed by atoms with van der Waals surface area (Å²) in [7, 11) is 0. The Balaban J connectivity index is 1.83. The summed E-state index contributed by atoms with van der Waals surface area (Å²) in [6.07, 6.45) is 1.83. The highest BCUT2D eigenvalue weighted by Crippen LogP contribution is 2.43. The van der Waals surface area contributed by atoms with E-state index in [0.29, 0.717) is 24.3 Å². The number of ether oxygens (including phenoxy) is 1. The van der Waals surface area contributed by atoms with Gasteiger partial charge in [-0.3, -0.25) is 9.59 Å². The van der Waals surface area contributed by atoms with Crippen molar-refractivity contribution in [2.45, 2.75) is 30.9 Å². The van der Waals surface area contributed by atoms with E-state index in [1.807, 2.05) is 30.3 Å². The zero-order valence-corrected chi connectivity index (χ0v) is 14.4. The maximum Gasteiger partial charge on any atom is 0.313 e. The molecule has 0 aliphatic carbocycles. The minimum Gasteiger partial charge on any atom is -0.481 e. The van der Waals surface area contributed by atoms with Crippen molar-refractivity contribution in [3.8, 4) is 0 Å². The fraction of sp³-hybridized carbons (Fsp3) is 0.333. The van der Waals surface area contributed by atoms with Crippen LogP contribution in [0.4, 0.5) is 0 Å². The highest BCUT2D eigenvalue weighted by atomic mass is 16.5. The Labute approximate surface area is 152 Å². The van der Waals surface area contributed by atoms with Crippen LogP contribution in [0.5, 0.6) is 0 Å². The van der Waals surface area contributed by atoms with Gasteiger partial charge in [-0.05, 0) is 30.0 Å². The lowest BCUT2D eigenvalue weighted by atomic mass is 9.79. The van der Waals surface area contributed by atoms with Crippen molar-refractivity contribution in [2.75, 3.05) is 13.2 Å². The standard InChI is InChI=1S/C21H21NO4/c23-20-17-11-5-4-10-16(17)18(21(24)25)19(14-7-2-1-3-8-14)22(20)13-15-9-6-12-26-15/h1-5,7-8,10-11,15,18-19H,6,9,12-13H2,(H,24,25). The number of carbonyl (C=O) groups is 2. The van der Waals surface area contributed by atoms with Crippen LogP contribution in [0.3, 0.4) is 0 Å². The molecule has 1 saturated heterocycles. The molecule has 2 aliphatic heterocycles. The maximum absolute atomic E-state index is 13.2. The Hall–Kier alpha value is -2.66. The van der Waals surface area contributed by atoms with Crippen LogP contribution in [-0.4, -0.2) is 41.1 Å². The fourth-order valence-corrected chi connectivity index (χ4v) is 4.09. The molecule has 3 unspecified atom stereocenters. The van der Waals surface area contributed by atoms with Gasteiger partial charge in [-0.25, -0.2) is 0 Å². The molecule has 2 aromatic carbocycles. The van der Waals surface area contributed by atoms with E-state index in [0.717, 1.165) is 18.4 Å². The fourth-order valence-electron chi connectivity index (χ4n) is 4.09. The Kier molecular flexibility index (Phi) is 4.47. The van der Waals surface area contributed by atoms with Crippen LogP contribution in [0.15, 0.2) is 54.6 Å². The number of hydrogen-bond acceptors (Lipinski definition) is 3. The molecule has 0 aromatic heterocycles. The summed E-state index contributed by atoms with van der Waals surface area (Å²) in [5.74, 6) is -1.84. The molecule has 2 aliphatic rings. The molecule has 0 saturated carbocycles. The van der Waals surface area contributed by atoms with Crippen molar-refractivity contribution in [3.63, 3.8) is 0 Å². The number of carboxylic acids is 1. The first kappa shape index (κ1) is 16.8. The van der Waals surface area contributed by atoms with E-state index in [4.69, 9.17) is 4.74 Å². The second-order valence-electron chi connectivity index (χ2n) is 6.85. The highest BCUT2D eigenvalue weighted by molar-refractivity contribution is 6.00. The lowest BCUT2D eigenvalue weighted by molar-refractivity contribution is -0.140. The zero-order valence-electron chi connectivity index (χ0n) is 14.4. The van der Waals surface area contributed by atoms with Gasteiger partial charge in [0.15, 0.2) is 0 Å². The summed E-state index contributed by atoms with van der Waals surface area (Å²) in [5.41, 5.74) is 1.90. The molecule has 134 valence electrons. The van der Waals surface area contributed by atoms with Crippen LogP contribution >= 0.6 is 0 Å². The summed E-state index contributed by atoms with van der Waals surface area (Å²) in [6.45, 7) is 1.11. The second kappa shape index (κ2) is 6.92. The Morgan fingerprint density at radius 1 is 1.12 bits per heavy atom. The average molecular weight is 351 g/mol. The molecular formula is C21H21NO4. The summed E-state index contributed by atoms with van der Waals surface area (Å²) >= 11 is 0. The van der Waals surface area contributed by atoms with E-state index in [9.17, 15) is 14.7 Å². The first-order valence-electron chi connectivity index (χ1n) is 8.96. The number of carbonyl (C=O) groups excluding carboxylic acids is 1. The predicted octanol–water partition coefficient (Wildman–Crippen LogP) is 3.23. The SMILES string of the molecule is O=C(O)C1c2ccccc2C(=O)N(CC2CCCO2)C1c1ccccc1. The minimum absolute atomic E-state index is 0.0372. The van der Waals surface area contributed by atoms with Crippen molar-refractivity contribution in [3.05, 3.63) is 71.3 Å². The zero-order chi connectivity index (χ0) is 18.1. The van der Waals surface area contributed by atoms with Gasteiger partial charge in [-0.2, -0.15) is 0 Å².